The lowest BCUT2D eigenvalue weighted by molar-refractivity contribution is -0.250. The molecule has 1 rings (SSSR count). The number of carbonyl (C=O) groups is 1. The molecule has 3 unspecified atom stereocenters. The second kappa shape index (κ2) is 5.00. The number of methoxy groups -OCH3 is 1. The van der Waals surface area contributed by atoms with Gasteiger partial charge in [-0.25, -0.2) is 0 Å². The standard InChI is InChI=1S/C9H17NO5/c1-4(11)8-7(13)6(12)5(10-2)9(14-3)15-8/h5-10,12-13H,1-3H3/t5?,6-,7?,8-,9?/m1/s1. The molecule has 0 aromatic carbocycles. The van der Waals surface area contributed by atoms with Gasteiger partial charge >= 0.3 is 0 Å². The first kappa shape index (κ1) is 12.5. The number of aliphatic hydroxyl groups excluding tert-OH is 2. The molecule has 88 valence electrons. The zero-order valence-corrected chi connectivity index (χ0v) is 9.01. The summed E-state index contributed by atoms with van der Waals surface area (Å²) in [5.41, 5.74) is 0. The van der Waals surface area contributed by atoms with Gasteiger partial charge in [0.15, 0.2) is 12.1 Å². The molecule has 0 saturated carbocycles. The number of Topliss-reactive ketones (excluding diaryl/α,β-unsaturated/α-hetero) is 1. The summed E-state index contributed by atoms with van der Waals surface area (Å²) in [4.78, 5) is 11.1. The van der Waals surface area contributed by atoms with E-state index >= 15 is 0 Å². The largest absolute Gasteiger partial charge is 0.388 e. The van der Waals surface area contributed by atoms with Crippen LogP contribution < -0.4 is 5.32 Å². The predicted octanol–water partition coefficient (Wildman–Crippen LogP) is -1.74. The summed E-state index contributed by atoms with van der Waals surface area (Å²) < 4.78 is 10.2. The highest BCUT2D eigenvalue weighted by molar-refractivity contribution is 5.81. The molecular formula is C9H17NO5. The van der Waals surface area contributed by atoms with Crippen molar-refractivity contribution in [3.63, 3.8) is 0 Å². The van der Waals surface area contributed by atoms with Crippen LogP contribution in [0.5, 0.6) is 0 Å². The lowest BCUT2D eigenvalue weighted by atomic mass is 9.95. The van der Waals surface area contributed by atoms with Crippen LogP contribution in [0.1, 0.15) is 6.92 Å². The third-order valence-electron chi connectivity index (χ3n) is 2.57. The van der Waals surface area contributed by atoms with E-state index in [1.165, 1.54) is 14.0 Å². The van der Waals surface area contributed by atoms with Crippen molar-refractivity contribution in [2.24, 2.45) is 0 Å². The van der Waals surface area contributed by atoms with Gasteiger partial charge in [0.25, 0.3) is 0 Å². The van der Waals surface area contributed by atoms with Gasteiger partial charge in [-0.1, -0.05) is 0 Å². The average molecular weight is 219 g/mol. The van der Waals surface area contributed by atoms with Crippen molar-refractivity contribution < 1.29 is 24.5 Å². The fourth-order valence-electron chi connectivity index (χ4n) is 1.71. The van der Waals surface area contributed by atoms with E-state index in [-0.39, 0.29) is 5.78 Å². The topological polar surface area (TPSA) is 88.0 Å². The van der Waals surface area contributed by atoms with Crippen molar-refractivity contribution in [2.45, 2.75) is 37.6 Å². The second-order valence-electron chi connectivity index (χ2n) is 3.57. The number of likely N-dealkylation sites (N-methyl/N-ethyl adjacent to an activating group) is 1. The molecule has 0 spiro atoms. The van der Waals surface area contributed by atoms with Gasteiger partial charge in [0.1, 0.15) is 18.3 Å². The first-order valence-electron chi connectivity index (χ1n) is 4.75. The van der Waals surface area contributed by atoms with E-state index in [2.05, 4.69) is 5.32 Å². The van der Waals surface area contributed by atoms with Gasteiger partial charge in [0.05, 0.1) is 6.04 Å². The monoisotopic (exact) mass is 219 g/mol. The molecule has 0 aromatic heterocycles. The molecule has 5 atom stereocenters. The van der Waals surface area contributed by atoms with Crippen molar-refractivity contribution in [1.29, 1.82) is 0 Å². The van der Waals surface area contributed by atoms with Crippen LogP contribution in [-0.4, -0.2) is 60.8 Å². The lowest BCUT2D eigenvalue weighted by Crippen LogP contribution is -2.63. The van der Waals surface area contributed by atoms with Crippen molar-refractivity contribution >= 4 is 5.78 Å². The number of ether oxygens (including phenoxy) is 2. The molecule has 1 heterocycles. The van der Waals surface area contributed by atoms with Crippen LogP contribution in [0.15, 0.2) is 0 Å². The SMILES string of the molecule is CNC1C(OC)O[C@H](C(C)=O)C(O)[C@@H]1O. The minimum absolute atomic E-state index is 0.335. The number of hydrogen-bond acceptors (Lipinski definition) is 6. The number of nitrogens with one attached hydrogen (secondary N) is 1. The molecule has 1 aliphatic heterocycles. The maximum Gasteiger partial charge on any atom is 0.176 e. The molecule has 15 heavy (non-hydrogen) atoms. The number of hydrogen-bond donors (Lipinski definition) is 3. The van der Waals surface area contributed by atoms with Crippen LogP contribution in [-0.2, 0) is 14.3 Å². The summed E-state index contributed by atoms with van der Waals surface area (Å²) >= 11 is 0. The Balaban J connectivity index is 2.82. The second-order valence-corrected chi connectivity index (χ2v) is 3.57. The molecule has 1 fully saturated rings. The Hall–Kier alpha value is -0.530. The van der Waals surface area contributed by atoms with Crippen molar-refractivity contribution in [1.82, 2.24) is 5.32 Å². The quantitative estimate of drug-likeness (QED) is 0.522. The van der Waals surface area contributed by atoms with Crippen molar-refractivity contribution in [3.8, 4) is 0 Å². The Morgan fingerprint density at radius 3 is 2.40 bits per heavy atom. The highest BCUT2D eigenvalue weighted by atomic mass is 16.7. The molecular weight excluding hydrogens is 202 g/mol. The number of aliphatic hydroxyl groups is 2. The third-order valence-corrected chi connectivity index (χ3v) is 2.57. The van der Waals surface area contributed by atoms with Crippen LogP contribution >= 0.6 is 0 Å². The molecule has 1 saturated heterocycles. The summed E-state index contributed by atoms with van der Waals surface area (Å²) in [6, 6.07) is -0.555. The number of carbonyl (C=O) groups excluding carboxylic acids is 1. The normalized spacial score (nSPS) is 41.5. The fraction of sp³-hybridized carbons (Fsp3) is 0.889. The number of rotatable bonds is 3. The Morgan fingerprint density at radius 2 is 2.00 bits per heavy atom. The Bertz CT molecular complexity index is 233. The maximum atomic E-state index is 11.1. The zero-order chi connectivity index (χ0) is 11.6. The van der Waals surface area contributed by atoms with Crippen LogP contribution in [0.25, 0.3) is 0 Å². The van der Waals surface area contributed by atoms with E-state index in [9.17, 15) is 15.0 Å². The van der Waals surface area contributed by atoms with E-state index in [0.717, 1.165) is 0 Å². The van der Waals surface area contributed by atoms with Gasteiger partial charge in [0, 0.05) is 7.11 Å². The van der Waals surface area contributed by atoms with E-state index in [0.29, 0.717) is 0 Å². The van der Waals surface area contributed by atoms with Gasteiger partial charge in [0.2, 0.25) is 0 Å². The highest BCUT2D eigenvalue weighted by Gasteiger charge is 2.45. The Morgan fingerprint density at radius 1 is 1.40 bits per heavy atom. The molecule has 0 radical (unpaired) electrons. The maximum absolute atomic E-state index is 11.1. The first-order chi connectivity index (χ1) is 7.02. The average Bonchev–Trinajstić information content (AvgIpc) is 2.21. The molecule has 3 N–H and O–H groups in total. The van der Waals surface area contributed by atoms with Crippen LogP contribution in [0.4, 0.5) is 0 Å². The van der Waals surface area contributed by atoms with Gasteiger partial charge in [-0.05, 0) is 14.0 Å². The van der Waals surface area contributed by atoms with Gasteiger partial charge in [-0.2, -0.15) is 0 Å². The van der Waals surface area contributed by atoms with Crippen LogP contribution in [0.2, 0.25) is 0 Å². The predicted molar refractivity (Wildman–Crippen MR) is 51.2 cm³/mol. The summed E-state index contributed by atoms with van der Waals surface area (Å²) in [6.07, 6.45) is -4.11. The summed E-state index contributed by atoms with van der Waals surface area (Å²) in [5, 5.41) is 22.1. The third kappa shape index (κ3) is 2.35. The molecule has 0 aromatic rings. The molecule has 0 amide bonds. The lowest BCUT2D eigenvalue weighted by Gasteiger charge is -2.41. The minimum atomic E-state index is -1.23. The zero-order valence-electron chi connectivity index (χ0n) is 9.01. The van der Waals surface area contributed by atoms with Gasteiger partial charge < -0.3 is 25.0 Å². The summed E-state index contributed by atoms with van der Waals surface area (Å²) in [6.45, 7) is 1.30. The van der Waals surface area contributed by atoms with Crippen LogP contribution in [0, 0.1) is 0 Å². The summed E-state index contributed by atoms with van der Waals surface area (Å²) in [5.74, 6) is -0.335. The van der Waals surface area contributed by atoms with Crippen molar-refractivity contribution in [3.05, 3.63) is 0 Å². The van der Waals surface area contributed by atoms with Crippen molar-refractivity contribution in [2.75, 3.05) is 14.2 Å². The molecule has 6 nitrogen and oxygen atoms in total. The Labute approximate surface area is 88.2 Å². The highest BCUT2D eigenvalue weighted by Crippen LogP contribution is 2.21. The van der Waals surface area contributed by atoms with E-state index in [4.69, 9.17) is 9.47 Å². The first-order valence-corrected chi connectivity index (χ1v) is 4.75. The minimum Gasteiger partial charge on any atom is -0.388 e. The fourth-order valence-corrected chi connectivity index (χ4v) is 1.71. The number of ketones is 1. The smallest absolute Gasteiger partial charge is 0.176 e. The van der Waals surface area contributed by atoms with Crippen LogP contribution in [0.3, 0.4) is 0 Å². The van der Waals surface area contributed by atoms with E-state index in [1.54, 1.807) is 7.05 Å². The summed E-state index contributed by atoms with van der Waals surface area (Å²) in [7, 11) is 3.03. The van der Waals surface area contributed by atoms with E-state index < -0.39 is 30.6 Å². The molecule has 1 aliphatic rings. The molecule has 0 aliphatic carbocycles. The van der Waals surface area contributed by atoms with Gasteiger partial charge in [-0.15, -0.1) is 0 Å². The molecule has 0 bridgehead atoms. The molecule has 6 heteroatoms. The van der Waals surface area contributed by atoms with Gasteiger partial charge in [-0.3, -0.25) is 4.79 Å². The Kier molecular flexibility index (Phi) is 4.18. The van der Waals surface area contributed by atoms with E-state index in [1.807, 2.05) is 0 Å².